The summed E-state index contributed by atoms with van der Waals surface area (Å²) in [6.45, 7) is 0. The average molecular weight is 293 g/mol. The van der Waals surface area contributed by atoms with E-state index in [1.807, 2.05) is 10.6 Å². The van der Waals surface area contributed by atoms with Gasteiger partial charge in [0.25, 0.3) is 0 Å². The summed E-state index contributed by atoms with van der Waals surface area (Å²) < 4.78 is 25.7. The van der Waals surface area contributed by atoms with Crippen molar-refractivity contribution in [1.82, 2.24) is 9.55 Å². The summed E-state index contributed by atoms with van der Waals surface area (Å²) in [5, 5.41) is 0. The maximum absolute atomic E-state index is 11.9. The van der Waals surface area contributed by atoms with Crippen molar-refractivity contribution >= 4 is 26.8 Å². The van der Waals surface area contributed by atoms with Crippen LogP contribution in [0.1, 0.15) is 38.1 Å². The lowest BCUT2D eigenvalue weighted by molar-refractivity contribution is 0.363. The number of hydrogen-bond donors (Lipinski definition) is 1. The summed E-state index contributed by atoms with van der Waals surface area (Å²) in [4.78, 5) is 4.58. The van der Waals surface area contributed by atoms with E-state index in [4.69, 9.17) is 5.73 Å². The minimum absolute atomic E-state index is 0.260. The summed E-state index contributed by atoms with van der Waals surface area (Å²) in [6, 6.07) is 5.60. The van der Waals surface area contributed by atoms with Gasteiger partial charge in [-0.05, 0) is 25.0 Å². The number of benzene rings is 1. The van der Waals surface area contributed by atoms with Gasteiger partial charge in [-0.2, -0.15) is 0 Å². The molecule has 1 aromatic heterocycles. The SMILES string of the molecule is CS(=O)(=O)c1cccc2c1nc(N)n2C1CCCCC1. The van der Waals surface area contributed by atoms with Crippen molar-refractivity contribution in [2.75, 3.05) is 12.0 Å². The Bertz CT molecular complexity index is 743. The first-order chi connectivity index (χ1) is 9.48. The van der Waals surface area contributed by atoms with Crippen LogP contribution in [0.25, 0.3) is 11.0 Å². The molecule has 108 valence electrons. The van der Waals surface area contributed by atoms with E-state index in [1.54, 1.807) is 12.1 Å². The quantitative estimate of drug-likeness (QED) is 0.923. The number of imidazole rings is 1. The Morgan fingerprint density at radius 2 is 1.95 bits per heavy atom. The predicted octanol–water partition coefficient (Wildman–Crippen LogP) is 2.53. The molecule has 0 saturated heterocycles. The summed E-state index contributed by atoms with van der Waals surface area (Å²) in [7, 11) is -3.29. The fourth-order valence-electron chi connectivity index (χ4n) is 3.13. The third kappa shape index (κ3) is 2.18. The number of rotatable bonds is 2. The highest BCUT2D eigenvalue weighted by Gasteiger charge is 2.23. The fraction of sp³-hybridized carbons (Fsp3) is 0.500. The predicted molar refractivity (Wildman–Crippen MR) is 79.4 cm³/mol. The lowest BCUT2D eigenvalue weighted by atomic mass is 9.95. The van der Waals surface area contributed by atoms with Crippen molar-refractivity contribution < 1.29 is 8.42 Å². The maximum Gasteiger partial charge on any atom is 0.201 e. The lowest BCUT2D eigenvalue weighted by Crippen LogP contribution is -2.14. The summed E-state index contributed by atoms with van der Waals surface area (Å²) in [5.41, 5.74) is 7.38. The van der Waals surface area contributed by atoms with Gasteiger partial charge in [0, 0.05) is 12.3 Å². The van der Waals surface area contributed by atoms with Gasteiger partial charge in [0.2, 0.25) is 5.95 Å². The Hall–Kier alpha value is -1.56. The molecule has 6 heteroatoms. The smallest absolute Gasteiger partial charge is 0.201 e. The molecule has 2 aromatic rings. The van der Waals surface area contributed by atoms with Gasteiger partial charge >= 0.3 is 0 Å². The van der Waals surface area contributed by atoms with Crippen molar-refractivity contribution in [1.29, 1.82) is 0 Å². The Balaban J connectivity index is 2.21. The molecular weight excluding hydrogens is 274 g/mol. The zero-order chi connectivity index (χ0) is 14.3. The van der Waals surface area contributed by atoms with E-state index in [9.17, 15) is 8.42 Å². The number of anilines is 1. The molecule has 2 N–H and O–H groups in total. The molecule has 1 aliphatic carbocycles. The Morgan fingerprint density at radius 3 is 2.60 bits per heavy atom. The summed E-state index contributed by atoms with van der Waals surface area (Å²) in [5.74, 6) is 0.419. The van der Waals surface area contributed by atoms with Gasteiger partial charge in [0.05, 0.1) is 10.4 Å². The minimum atomic E-state index is -3.29. The van der Waals surface area contributed by atoms with E-state index in [1.165, 1.54) is 25.5 Å². The molecule has 0 bridgehead atoms. The first-order valence-electron chi connectivity index (χ1n) is 6.95. The van der Waals surface area contributed by atoms with E-state index >= 15 is 0 Å². The molecule has 3 rings (SSSR count). The standard InChI is InChI=1S/C14H19N3O2S/c1-20(18,19)12-9-5-8-11-13(12)16-14(15)17(11)10-6-3-2-4-7-10/h5,8-10H,2-4,6-7H2,1H3,(H2,15,16). The van der Waals surface area contributed by atoms with Crippen LogP contribution < -0.4 is 5.73 Å². The molecule has 0 atom stereocenters. The van der Waals surface area contributed by atoms with E-state index in [0.29, 0.717) is 17.5 Å². The highest BCUT2D eigenvalue weighted by molar-refractivity contribution is 7.91. The van der Waals surface area contributed by atoms with Crippen LogP contribution in [0, 0.1) is 0 Å². The molecule has 0 spiro atoms. The zero-order valence-corrected chi connectivity index (χ0v) is 12.4. The second-order valence-corrected chi connectivity index (χ2v) is 7.51. The monoisotopic (exact) mass is 293 g/mol. The van der Waals surface area contributed by atoms with Crippen LogP contribution >= 0.6 is 0 Å². The Morgan fingerprint density at radius 1 is 1.25 bits per heavy atom. The van der Waals surface area contributed by atoms with Gasteiger partial charge in [-0.3, -0.25) is 0 Å². The molecule has 1 saturated carbocycles. The van der Waals surface area contributed by atoms with Crippen LogP contribution in [0.2, 0.25) is 0 Å². The number of hydrogen-bond acceptors (Lipinski definition) is 4. The molecule has 1 aromatic carbocycles. The third-order valence-electron chi connectivity index (χ3n) is 4.05. The van der Waals surface area contributed by atoms with Gasteiger partial charge in [-0.15, -0.1) is 0 Å². The Labute approximate surface area is 118 Å². The van der Waals surface area contributed by atoms with Crippen molar-refractivity contribution in [3.8, 4) is 0 Å². The van der Waals surface area contributed by atoms with Crippen molar-refractivity contribution in [2.45, 2.75) is 43.0 Å². The van der Waals surface area contributed by atoms with Gasteiger partial charge in [0.15, 0.2) is 9.84 Å². The molecule has 0 amide bonds. The zero-order valence-electron chi connectivity index (χ0n) is 11.5. The van der Waals surface area contributed by atoms with Crippen LogP contribution in [-0.2, 0) is 9.84 Å². The van der Waals surface area contributed by atoms with Crippen molar-refractivity contribution in [2.24, 2.45) is 0 Å². The number of nitrogen functional groups attached to an aromatic ring is 1. The molecule has 0 aliphatic heterocycles. The van der Waals surface area contributed by atoms with Gasteiger partial charge in [0.1, 0.15) is 5.52 Å². The first kappa shape index (κ1) is 13.4. The van der Waals surface area contributed by atoms with Crippen LogP contribution in [0.15, 0.2) is 23.1 Å². The third-order valence-corrected chi connectivity index (χ3v) is 5.18. The van der Waals surface area contributed by atoms with Crippen LogP contribution in [0.3, 0.4) is 0 Å². The number of nitrogens with zero attached hydrogens (tertiary/aromatic N) is 2. The summed E-state index contributed by atoms with van der Waals surface area (Å²) >= 11 is 0. The average Bonchev–Trinajstić information content (AvgIpc) is 2.74. The maximum atomic E-state index is 11.9. The molecule has 20 heavy (non-hydrogen) atoms. The second-order valence-electron chi connectivity index (χ2n) is 5.53. The number of nitrogens with two attached hydrogens (primary N) is 1. The molecule has 1 aliphatic rings. The number of sulfone groups is 1. The van der Waals surface area contributed by atoms with Gasteiger partial charge in [-0.25, -0.2) is 13.4 Å². The molecular formula is C14H19N3O2S. The van der Waals surface area contributed by atoms with E-state index < -0.39 is 9.84 Å². The highest BCUT2D eigenvalue weighted by Crippen LogP contribution is 2.34. The van der Waals surface area contributed by atoms with Crippen LogP contribution in [0.4, 0.5) is 5.95 Å². The molecule has 0 radical (unpaired) electrons. The highest BCUT2D eigenvalue weighted by atomic mass is 32.2. The molecule has 5 nitrogen and oxygen atoms in total. The normalized spacial score (nSPS) is 17.6. The Kier molecular flexibility index (Phi) is 3.20. The second kappa shape index (κ2) is 4.77. The largest absolute Gasteiger partial charge is 0.369 e. The van der Waals surface area contributed by atoms with Crippen molar-refractivity contribution in [3.05, 3.63) is 18.2 Å². The number of aromatic nitrogens is 2. The fourth-order valence-corrected chi connectivity index (χ4v) is 3.96. The van der Waals surface area contributed by atoms with Crippen LogP contribution in [-0.4, -0.2) is 24.2 Å². The van der Waals surface area contributed by atoms with E-state index in [0.717, 1.165) is 18.4 Å². The first-order valence-corrected chi connectivity index (χ1v) is 8.84. The topological polar surface area (TPSA) is 78.0 Å². The number of para-hydroxylation sites is 1. The molecule has 1 fully saturated rings. The van der Waals surface area contributed by atoms with Crippen molar-refractivity contribution in [3.63, 3.8) is 0 Å². The van der Waals surface area contributed by atoms with E-state index in [-0.39, 0.29) is 4.90 Å². The lowest BCUT2D eigenvalue weighted by Gasteiger charge is -2.24. The molecule has 0 unspecified atom stereocenters. The minimum Gasteiger partial charge on any atom is -0.369 e. The summed E-state index contributed by atoms with van der Waals surface area (Å²) in [6.07, 6.45) is 7.01. The van der Waals surface area contributed by atoms with Gasteiger partial charge < -0.3 is 10.3 Å². The molecule has 1 heterocycles. The van der Waals surface area contributed by atoms with Gasteiger partial charge in [-0.1, -0.05) is 25.3 Å². The van der Waals surface area contributed by atoms with Crippen LogP contribution in [0.5, 0.6) is 0 Å². The number of fused-ring (bicyclic) bond motifs is 1. The van der Waals surface area contributed by atoms with E-state index in [2.05, 4.69) is 4.98 Å².